The van der Waals surface area contributed by atoms with E-state index >= 15 is 0 Å². The van der Waals surface area contributed by atoms with E-state index in [1.807, 2.05) is 51.1 Å². The summed E-state index contributed by atoms with van der Waals surface area (Å²) in [7, 11) is 0. The van der Waals surface area contributed by atoms with Crippen LogP contribution in [0.25, 0.3) is 11.3 Å². The molecule has 0 saturated carbocycles. The van der Waals surface area contributed by atoms with Crippen molar-refractivity contribution in [2.24, 2.45) is 0 Å². The molecule has 146 valence electrons. The lowest BCUT2D eigenvalue weighted by Crippen LogP contribution is -2.13. The summed E-state index contributed by atoms with van der Waals surface area (Å²) in [6.07, 6.45) is 0. The van der Waals surface area contributed by atoms with E-state index in [0.29, 0.717) is 21.4 Å². The molecule has 0 fully saturated rings. The molecule has 7 nitrogen and oxygen atoms in total. The number of anilines is 1. The van der Waals surface area contributed by atoms with Crippen molar-refractivity contribution in [2.45, 2.75) is 33.7 Å². The first-order valence-corrected chi connectivity index (χ1v) is 9.83. The third kappa shape index (κ3) is 4.12. The molecule has 0 saturated heterocycles. The third-order valence-electron chi connectivity index (χ3n) is 4.00. The van der Waals surface area contributed by atoms with Gasteiger partial charge in [-0.15, -0.1) is 0 Å². The van der Waals surface area contributed by atoms with Gasteiger partial charge in [0.15, 0.2) is 10.8 Å². The molecule has 0 aliphatic carbocycles. The number of aromatic nitrogens is 3. The van der Waals surface area contributed by atoms with Gasteiger partial charge in [0.2, 0.25) is 0 Å². The molecule has 2 aromatic heterocycles. The summed E-state index contributed by atoms with van der Waals surface area (Å²) in [4.78, 5) is 29.8. The maximum Gasteiger partial charge on any atom is 0.350 e. The van der Waals surface area contributed by atoms with Crippen molar-refractivity contribution in [1.29, 1.82) is 0 Å². The predicted octanol–water partition coefficient (Wildman–Crippen LogP) is 4.32. The van der Waals surface area contributed by atoms with Gasteiger partial charge in [0, 0.05) is 17.3 Å². The van der Waals surface area contributed by atoms with E-state index in [9.17, 15) is 9.59 Å². The molecule has 0 aliphatic heterocycles. The number of nitrogens with zero attached hydrogens (tertiary/aromatic N) is 3. The number of esters is 1. The molecule has 0 unspecified atom stereocenters. The van der Waals surface area contributed by atoms with Crippen molar-refractivity contribution in [1.82, 2.24) is 14.8 Å². The van der Waals surface area contributed by atoms with Crippen molar-refractivity contribution < 1.29 is 14.3 Å². The van der Waals surface area contributed by atoms with Crippen LogP contribution in [-0.4, -0.2) is 33.2 Å². The van der Waals surface area contributed by atoms with Crippen molar-refractivity contribution in [2.75, 3.05) is 11.9 Å². The number of nitrogens with one attached hydrogen (secondary N) is 1. The molecule has 0 aliphatic rings. The third-order valence-corrected chi connectivity index (χ3v) is 4.95. The Morgan fingerprint density at radius 1 is 1.25 bits per heavy atom. The highest BCUT2D eigenvalue weighted by Crippen LogP contribution is 2.32. The van der Waals surface area contributed by atoms with E-state index in [0.717, 1.165) is 22.6 Å². The van der Waals surface area contributed by atoms with Gasteiger partial charge in [-0.2, -0.15) is 5.10 Å². The van der Waals surface area contributed by atoms with Gasteiger partial charge >= 0.3 is 5.97 Å². The summed E-state index contributed by atoms with van der Waals surface area (Å²) in [5.74, 6) is -0.828. The molecule has 2 heterocycles. The van der Waals surface area contributed by atoms with Gasteiger partial charge in [-0.05, 0) is 33.8 Å². The number of rotatable bonds is 6. The molecule has 3 aromatic rings. The SMILES string of the molecule is CCOC(=O)c1sc(NC(=O)c2cc(C)n(C(C)C)n2)nc1-c1ccccc1. The molecule has 8 heteroatoms. The van der Waals surface area contributed by atoms with E-state index in [1.54, 1.807) is 17.7 Å². The Kier molecular flexibility index (Phi) is 5.89. The van der Waals surface area contributed by atoms with Crippen LogP contribution in [0, 0.1) is 6.92 Å². The first kappa shape index (κ1) is 19.8. The van der Waals surface area contributed by atoms with Crippen molar-refractivity contribution in [3.05, 3.63) is 52.7 Å². The van der Waals surface area contributed by atoms with Crippen LogP contribution in [0.1, 0.15) is 52.7 Å². The highest BCUT2D eigenvalue weighted by Gasteiger charge is 2.22. The van der Waals surface area contributed by atoms with Gasteiger partial charge in [0.05, 0.1) is 12.3 Å². The molecular weight excluding hydrogens is 376 g/mol. The van der Waals surface area contributed by atoms with Gasteiger partial charge in [0.1, 0.15) is 4.88 Å². The van der Waals surface area contributed by atoms with Crippen LogP contribution in [0.4, 0.5) is 5.13 Å². The molecule has 0 bridgehead atoms. The molecule has 1 N–H and O–H groups in total. The van der Waals surface area contributed by atoms with Crippen LogP contribution in [0.15, 0.2) is 36.4 Å². The highest BCUT2D eigenvalue weighted by atomic mass is 32.1. The number of hydrogen-bond donors (Lipinski definition) is 1. The zero-order chi connectivity index (χ0) is 20.3. The Hall–Kier alpha value is -3.00. The standard InChI is InChI=1S/C20H22N4O3S/c1-5-27-19(26)17-16(14-9-7-6-8-10-14)21-20(28-17)22-18(25)15-11-13(4)24(23-15)12(2)3/h6-12H,5H2,1-4H3,(H,21,22,25). The van der Waals surface area contributed by atoms with E-state index in [-0.39, 0.29) is 18.6 Å². The average molecular weight is 398 g/mol. The summed E-state index contributed by atoms with van der Waals surface area (Å²) in [5, 5.41) is 7.42. The van der Waals surface area contributed by atoms with E-state index in [4.69, 9.17) is 4.74 Å². The number of benzene rings is 1. The Morgan fingerprint density at radius 3 is 2.57 bits per heavy atom. The minimum absolute atomic E-state index is 0.154. The minimum atomic E-state index is -0.459. The summed E-state index contributed by atoms with van der Waals surface area (Å²) in [6.45, 7) is 7.91. The fourth-order valence-electron chi connectivity index (χ4n) is 2.78. The Morgan fingerprint density at radius 2 is 1.96 bits per heavy atom. The second-order valence-corrected chi connectivity index (χ2v) is 7.45. The number of amides is 1. The summed E-state index contributed by atoms with van der Waals surface area (Å²) in [6, 6.07) is 11.2. The fraction of sp³-hybridized carbons (Fsp3) is 0.300. The number of ether oxygens (including phenoxy) is 1. The number of hydrogen-bond acceptors (Lipinski definition) is 6. The van der Waals surface area contributed by atoms with Crippen molar-refractivity contribution >= 4 is 28.3 Å². The smallest absolute Gasteiger partial charge is 0.350 e. The maximum atomic E-state index is 12.6. The zero-order valence-electron chi connectivity index (χ0n) is 16.2. The second kappa shape index (κ2) is 8.35. The molecule has 3 rings (SSSR count). The minimum Gasteiger partial charge on any atom is -0.462 e. The monoisotopic (exact) mass is 398 g/mol. The molecule has 28 heavy (non-hydrogen) atoms. The van der Waals surface area contributed by atoms with Gasteiger partial charge in [-0.1, -0.05) is 41.7 Å². The number of carbonyl (C=O) groups excluding carboxylic acids is 2. The van der Waals surface area contributed by atoms with E-state index in [2.05, 4.69) is 15.4 Å². The quantitative estimate of drug-likeness (QED) is 0.625. The lowest BCUT2D eigenvalue weighted by molar-refractivity contribution is 0.0532. The van der Waals surface area contributed by atoms with E-state index < -0.39 is 5.97 Å². The van der Waals surface area contributed by atoms with E-state index in [1.165, 1.54) is 0 Å². The van der Waals surface area contributed by atoms with Crippen LogP contribution in [-0.2, 0) is 4.74 Å². The highest BCUT2D eigenvalue weighted by molar-refractivity contribution is 7.18. The van der Waals surface area contributed by atoms with Crippen LogP contribution in [0.5, 0.6) is 0 Å². The van der Waals surface area contributed by atoms with Gasteiger partial charge in [-0.3, -0.25) is 14.8 Å². The second-order valence-electron chi connectivity index (χ2n) is 6.45. The number of carbonyl (C=O) groups is 2. The number of thiazole rings is 1. The summed E-state index contributed by atoms with van der Waals surface area (Å²) < 4.78 is 6.93. The van der Waals surface area contributed by atoms with Crippen LogP contribution in [0.3, 0.4) is 0 Å². The largest absolute Gasteiger partial charge is 0.462 e. The van der Waals surface area contributed by atoms with Crippen molar-refractivity contribution in [3.8, 4) is 11.3 Å². The predicted molar refractivity (Wildman–Crippen MR) is 109 cm³/mol. The number of aryl methyl sites for hydroxylation is 1. The Labute approximate surface area is 167 Å². The average Bonchev–Trinajstić information content (AvgIpc) is 3.26. The normalized spacial score (nSPS) is 10.9. The Bertz CT molecular complexity index is 992. The fourth-order valence-corrected chi connectivity index (χ4v) is 3.66. The Balaban J connectivity index is 1.91. The van der Waals surface area contributed by atoms with Crippen molar-refractivity contribution in [3.63, 3.8) is 0 Å². The van der Waals surface area contributed by atoms with Gasteiger partial charge in [-0.25, -0.2) is 9.78 Å². The molecule has 0 spiro atoms. The van der Waals surface area contributed by atoms with Crippen LogP contribution >= 0.6 is 11.3 Å². The van der Waals surface area contributed by atoms with Gasteiger partial charge < -0.3 is 4.74 Å². The zero-order valence-corrected chi connectivity index (χ0v) is 17.0. The molecule has 0 atom stereocenters. The molecular formula is C20H22N4O3S. The summed E-state index contributed by atoms with van der Waals surface area (Å²) >= 11 is 1.09. The molecule has 0 radical (unpaired) electrons. The topological polar surface area (TPSA) is 86.1 Å². The lowest BCUT2D eigenvalue weighted by Gasteiger charge is -2.06. The lowest BCUT2D eigenvalue weighted by atomic mass is 10.1. The first-order valence-electron chi connectivity index (χ1n) is 9.01. The molecule has 1 aromatic carbocycles. The first-order chi connectivity index (χ1) is 13.4. The van der Waals surface area contributed by atoms with Gasteiger partial charge in [0.25, 0.3) is 5.91 Å². The molecule has 1 amide bonds. The summed E-state index contributed by atoms with van der Waals surface area (Å²) in [5.41, 5.74) is 2.47. The maximum absolute atomic E-state index is 12.6. The van der Waals surface area contributed by atoms with Crippen LogP contribution < -0.4 is 5.32 Å². The van der Waals surface area contributed by atoms with Crippen LogP contribution in [0.2, 0.25) is 0 Å².